The molecule has 2 unspecified atom stereocenters. The quantitative estimate of drug-likeness (QED) is 0.379. The summed E-state index contributed by atoms with van der Waals surface area (Å²) in [7, 11) is 0. The Labute approximate surface area is 220 Å². The van der Waals surface area contributed by atoms with E-state index in [1.165, 1.54) is 12.1 Å². The average Bonchev–Trinajstić information content (AvgIpc) is 3.44. The number of hydrogen-bond donors (Lipinski definition) is 0. The molecule has 0 spiro atoms. The third kappa shape index (κ3) is 5.72. The lowest BCUT2D eigenvalue weighted by molar-refractivity contribution is -0.137. The number of halogens is 5. The second-order valence-corrected chi connectivity index (χ2v) is 9.91. The normalized spacial score (nSPS) is 20.6. The minimum atomic E-state index is -4.47. The van der Waals surface area contributed by atoms with Gasteiger partial charge in [0.15, 0.2) is 0 Å². The van der Waals surface area contributed by atoms with Crippen LogP contribution in [0.15, 0.2) is 47.0 Å². The zero-order valence-corrected chi connectivity index (χ0v) is 20.7. The average molecular weight is 546 g/mol. The topological polar surface area (TPSA) is 86.3 Å². The van der Waals surface area contributed by atoms with Crippen molar-refractivity contribution in [3.05, 3.63) is 71.1 Å². The lowest BCUT2D eigenvalue weighted by Crippen LogP contribution is -2.51. The van der Waals surface area contributed by atoms with Crippen molar-refractivity contribution in [2.75, 3.05) is 26.2 Å². The van der Waals surface area contributed by atoms with Crippen LogP contribution in [0.3, 0.4) is 0 Å². The summed E-state index contributed by atoms with van der Waals surface area (Å²) < 4.78 is 72.7. The fourth-order valence-corrected chi connectivity index (χ4v) is 5.20. The van der Waals surface area contributed by atoms with E-state index >= 15 is 0 Å². The van der Waals surface area contributed by atoms with Gasteiger partial charge in [0.25, 0.3) is 0 Å². The third-order valence-corrected chi connectivity index (χ3v) is 7.34. The molecule has 2 amide bonds. The molecule has 2 aliphatic rings. The van der Waals surface area contributed by atoms with Crippen LogP contribution in [-0.2, 0) is 6.18 Å². The lowest BCUT2D eigenvalue weighted by Gasteiger charge is -2.40. The van der Waals surface area contributed by atoms with Crippen molar-refractivity contribution in [1.82, 2.24) is 19.9 Å². The van der Waals surface area contributed by atoms with Gasteiger partial charge in [0, 0.05) is 38.0 Å². The van der Waals surface area contributed by atoms with E-state index in [9.17, 15) is 32.0 Å². The second kappa shape index (κ2) is 10.6. The van der Waals surface area contributed by atoms with Crippen LogP contribution < -0.4 is 0 Å². The summed E-state index contributed by atoms with van der Waals surface area (Å²) in [6, 6.07) is 9.69. The number of alkyl halides is 3. The standard InChI is InChI=1S/C27H24F5N5O2/c28-21-5-6-23(29)22(12-21)24-34-25(39-35-24)19-11-18(17-1-3-20(4-2-17)27(30,31)32)14-37(15-19)26(38)36-9-7-16(13-33)8-10-36/h1-6,12,16,18-19H,7-11,14-15H2. The van der Waals surface area contributed by atoms with Crippen molar-refractivity contribution in [3.8, 4) is 17.5 Å². The van der Waals surface area contributed by atoms with Gasteiger partial charge >= 0.3 is 12.2 Å². The number of likely N-dealkylation sites (tertiary alicyclic amines) is 2. The number of nitriles is 1. The van der Waals surface area contributed by atoms with Gasteiger partial charge in [0.2, 0.25) is 11.7 Å². The number of carbonyl (C=O) groups is 1. The molecule has 0 bridgehead atoms. The Balaban J connectivity index is 1.42. The molecule has 2 atom stereocenters. The van der Waals surface area contributed by atoms with Crippen molar-refractivity contribution in [3.63, 3.8) is 0 Å². The van der Waals surface area contributed by atoms with E-state index in [1.807, 2.05) is 0 Å². The Morgan fingerprint density at radius 1 is 1.00 bits per heavy atom. The Morgan fingerprint density at radius 3 is 2.36 bits per heavy atom. The van der Waals surface area contributed by atoms with Crippen molar-refractivity contribution in [2.24, 2.45) is 5.92 Å². The fraction of sp³-hybridized carbons (Fsp3) is 0.407. The first-order valence-corrected chi connectivity index (χ1v) is 12.5. The third-order valence-electron chi connectivity index (χ3n) is 7.34. The van der Waals surface area contributed by atoms with Crippen molar-refractivity contribution in [1.29, 1.82) is 5.26 Å². The minimum absolute atomic E-state index is 0.108. The maximum absolute atomic E-state index is 14.3. The molecular weight excluding hydrogens is 521 g/mol. The molecule has 0 saturated carbocycles. The first kappa shape index (κ1) is 26.6. The zero-order chi connectivity index (χ0) is 27.7. The number of urea groups is 1. The zero-order valence-electron chi connectivity index (χ0n) is 20.7. The van der Waals surface area contributed by atoms with Crippen LogP contribution in [0.2, 0.25) is 0 Å². The monoisotopic (exact) mass is 545 g/mol. The number of rotatable bonds is 3. The molecule has 3 heterocycles. The molecule has 0 N–H and O–H groups in total. The van der Waals surface area contributed by atoms with Gasteiger partial charge in [-0.1, -0.05) is 17.3 Å². The highest BCUT2D eigenvalue weighted by molar-refractivity contribution is 5.75. The Bertz CT molecular complexity index is 1380. The van der Waals surface area contributed by atoms with Crippen molar-refractivity contribution in [2.45, 2.75) is 37.3 Å². The molecule has 2 fully saturated rings. The molecule has 3 aromatic rings. The maximum atomic E-state index is 14.3. The van der Waals surface area contributed by atoms with Crippen molar-refractivity contribution < 1.29 is 31.3 Å². The van der Waals surface area contributed by atoms with Gasteiger partial charge in [-0.05, 0) is 55.2 Å². The lowest BCUT2D eigenvalue weighted by atomic mass is 9.84. The molecule has 0 radical (unpaired) electrons. The Kier molecular flexibility index (Phi) is 7.25. The molecular formula is C27H24F5N5O2. The number of aromatic nitrogens is 2. The predicted molar refractivity (Wildman–Crippen MR) is 128 cm³/mol. The minimum Gasteiger partial charge on any atom is -0.339 e. The van der Waals surface area contributed by atoms with Crippen LogP contribution in [0.5, 0.6) is 0 Å². The summed E-state index contributed by atoms with van der Waals surface area (Å²) in [5.74, 6) is -2.37. The summed E-state index contributed by atoms with van der Waals surface area (Å²) in [4.78, 5) is 21.0. The SMILES string of the molecule is N#CC1CCN(C(=O)N2CC(c3ccc(C(F)(F)F)cc3)CC(c3nc(-c4cc(F)ccc4F)no3)C2)CC1. The highest BCUT2D eigenvalue weighted by Crippen LogP contribution is 2.38. The van der Waals surface area contributed by atoms with Crippen LogP contribution in [0, 0.1) is 28.9 Å². The molecule has 39 heavy (non-hydrogen) atoms. The van der Waals surface area contributed by atoms with Gasteiger partial charge in [0.1, 0.15) is 11.6 Å². The maximum Gasteiger partial charge on any atom is 0.416 e. The summed E-state index contributed by atoms with van der Waals surface area (Å²) in [5.41, 5.74) is -0.330. The molecule has 2 aromatic carbocycles. The summed E-state index contributed by atoms with van der Waals surface area (Å²) in [6.45, 7) is 1.30. The largest absolute Gasteiger partial charge is 0.416 e. The fourth-order valence-electron chi connectivity index (χ4n) is 5.20. The predicted octanol–water partition coefficient (Wildman–Crippen LogP) is 5.96. The Morgan fingerprint density at radius 2 is 1.69 bits per heavy atom. The van der Waals surface area contributed by atoms with Gasteiger partial charge in [0.05, 0.1) is 23.1 Å². The number of amides is 2. The van der Waals surface area contributed by atoms with Gasteiger partial charge in [-0.25, -0.2) is 13.6 Å². The molecule has 204 valence electrons. The molecule has 7 nitrogen and oxygen atoms in total. The van der Waals surface area contributed by atoms with Crippen LogP contribution >= 0.6 is 0 Å². The Hall–Kier alpha value is -4.01. The van der Waals surface area contributed by atoms with Crippen molar-refractivity contribution >= 4 is 6.03 Å². The first-order chi connectivity index (χ1) is 18.6. The number of piperidine rings is 2. The van der Waals surface area contributed by atoms with E-state index in [4.69, 9.17) is 4.52 Å². The molecule has 2 aliphatic heterocycles. The summed E-state index contributed by atoms with van der Waals surface area (Å²) in [5, 5.41) is 13.0. The van der Waals surface area contributed by atoms with E-state index in [-0.39, 0.29) is 48.2 Å². The number of hydrogen-bond acceptors (Lipinski definition) is 5. The summed E-state index contributed by atoms with van der Waals surface area (Å²) in [6.07, 6.45) is -2.96. The van der Waals surface area contributed by atoms with Gasteiger partial charge < -0.3 is 14.3 Å². The van der Waals surface area contributed by atoms with Gasteiger partial charge in [-0.3, -0.25) is 0 Å². The molecule has 2 saturated heterocycles. The molecule has 5 rings (SSSR count). The van der Waals surface area contributed by atoms with Crippen LogP contribution in [-0.4, -0.2) is 52.2 Å². The van der Waals surface area contributed by atoms with E-state index in [0.717, 1.165) is 30.3 Å². The molecule has 1 aromatic heterocycles. The summed E-state index contributed by atoms with van der Waals surface area (Å²) >= 11 is 0. The first-order valence-electron chi connectivity index (χ1n) is 12.5. The van der Waals surface area contributed by atoms with Gasteiger partial charge in [-0.2, -0.15) is 23.4 Å². The van der Waals surface area contributed by atoms with E-state index in [2.05, 4.69) is 16.2 Å². The van der Waals surface area contributed by atoms with E-state index in [1.54, 1.807) is 9.80 Å². The van der Waals surface area contributed by atoms with E-state index < -0.39 is 29.3 Å². The van der Waals surface area contributed by atoms with E-state index in [0.29, 0.717) is 37.9 Å². The smallest absolute Gasteiger partial charge is 0.339 e. The highest BCUT2D eigenvalue weighted by atomic mass is 19.4. The van der Waals surface area contributed by atoms with Crippen LogP contribution in [0.25, 0.3) is 11.4 Å². The second-order valence-electron chi connectivity index (χ2n) is 9.91. The number of benzene rings is 2. The number of carbonyl (C=O) groups excluding carboxylic acids is 1. The highest BCUT2D eigenvalue weighted by Gasteiger charge is 2.38. The molecule has 0 aliphatic carbocycles. The molecule has 12 heteroatoms. The van der Waals surface area contributed by atoms with Crippen LogP contribution in [0.4, 0.5) is 26.7 Å². The number of nitrogens with zero attached hydrogens (tertiary/aromatic N) is 5. The van der Waals surface area contributed by atoms with Crippen LogP contribution in [0.1, 0.15) is 48.1 Å². The van der Waals surface area contributed by atoms with Gasteiger partial charge in [-0.15, -0.1) is 0 Å².